The van der Waals surface area contributed by atoms with Crippen LogP contribution in [-0.4, -0.2) is 32.1 Å². The number of aromatic nitrogens is 3. The van der Waals surface area contributed by atoms with Crippen molar-refractivity contribution in [2.24, 2.45) is 5.73 Å². The second-order valence-corrected chi connectivity index (χ2v) is 5.80. The fourth-order valence-electron chi connectivity index (χ4n) is 3.12. The Morgan fingerprint density at radius 3 is 2.95 bits per heavy atom. The minimum absolute atomic E-state index is 0.342. The Bertz CT molecular complexity index is 589. The molecule has 0 aromatic carbocycles. The monoisotopic (exact) mass is 273 g/mol. The van der Waals surface area contributed by atoms with Crippen molar-refractivity contribution in [3.05, 3.63) is 29.7 Å². The Balaban J connectivity index is 2.00. The van der Waals surface area contributed by atoms with E-state index in [9.17, 15) is 0 Å². The molecule has 5 heteroatoms. The van der Waals surface area contributed by atoms with Gasteiger partial charge in [-0.2, -0.15) is 0 Å². The molecule has 1 fully saturated rings. The topological polar surface area (TPSA) is 59.5 Å². The van der Waals surface area contributed by atoms with Crippen LogP contribution in [0.1, 0.15) is 50.7 Å². The summed E-state index contributed by atoms with van der Waals surface area (Å²) in [6.45, 7) is 6.12. The number of hydrogen-bond donors (Lipinski definition) is 1. The van der Waals surface area contributed by atoms with Crippen molar-refractivity contribution in [3.8, 4) is 0 Å². The number of likely N-dealkylation sites (tertiary alicyclic amines) is 1. The van der Waals surface area contributed by atoms with Gasteiger partial charge in [-0.1, -0.05) is 12.5 Å². The van der Waals surface area contributed by atoms with Crippen molar-refractivity contribution in [1.82, 2.24) is 19.5 Å². The summed E-state index contributed by atoms with van der Waals surface area (Å²) in [6.07, 6.45) is 3.68. The van der Waals surface area contributed by atoms with Crippen molar-refractivity contribution in [2.45, 2.75) is 51.7 Å². The highest BCUT2D eigenvalue weighted by atomic mass is 15.3. The highest BCUT2D eigenvalue weighted by molar-refractivity contribution is 5.39. The van der Waals surface area contributed by atoms with E-state index in [2.05, 4.69) is 18.7 Å². The molecule has 1 aliphatic rings. The molecule has 0 amide bonds. The first kappa shape index (κ1) is 13.5. The smallest absolute Gasteiger partial charge is 0.168 e. The van der Waals surface area contributed by atoms with Crippen LogP contribution in [0.3, 0.4) is 0 Å². The van der Waals surface area contributed by atoms with Crippen LogP contribution >= 0.6 is 0 Å². The molecule has 0 bridgehead atoms. The average Bonchev–Trinajstić information content (AvgIpc) is 2.90. The maximum atomic E-state index is 5.78. The van der Waals surface area contributed by atoms with Crippen LogP contribution < -0.4 is 5.73 Å². The molecule has 3 rings (SSSR count). The Morgan fingerprint density at radius 2 is 2.20 bits per heavy atom. The number of hydrogen-bond acceptors (Lipinski definition) is 4. The van der Waals surface area contributed by atoms with Crippen LogP contribution in [0.25, 0.3) is 5.65 Å². The molecule has 2 aromatic heterocycles. The Kier molecular flexibility index (Phi) is 3.72. The van der Waals surface area contributed by atoms with Gasteiger partial charge in [-0.05, 0) is 45.4 Å². The van der Waals surface area contributed by atoms with Gasteiger partial charge in [-0.15, -0.1) is 5.10 Å². The second kappa shape index (κ2) is 5.50. The molecule has 1 atom stereocenters. The number of nitrogens with zero attached hydrogens (tertiary/aromatic N) is 4. The van der Waals surface area contributed by atoms with E-state index in [4.69, 9.17) is 15.8 Å². The van der Waals surface area contributed by atoms with E-state index in [-0.39, 0.29) is 0 Å². The van der Waals surface area contributed by atoms with Crippen LogP contribution in [-0.2, 0) is 6.54 Å². The number of pyridine rings is 1. The van der Waals surface area contributed by atoms with Crippen LogP contribution in [0, 0.1) is 0 Å². The Hall–Kier alpha value is -1.46. The molecule has 20 heavy (non-hydrogen) atoms. The van der Waals surface area contributed by atoms with Crippen molar-refractivity contribution in [3.63, 3.8) is 0 Å². The van der Waals surface area contributed by atoms with E-state index >= 15 is 0 Å². The molecule has 2 N–H and O–H groups in total. The van der Waals surface area contributed by atoms with E-state index in [1.807, 2.05) is 22.7 Å². The Morgan fingerprint density at radius 1 is 1.35 bits per heavy atom. The first-order valence-corrected chi connectivity index (χ1v) is 7.51. The molecule has 0 radical (unpaired) electrons. The fourth-order valence-corrected chi connectivity index (χ4v) is 3.12. The summed E-state index contributed by atoms with van der Waals surface area (Å²) in [5, 5.41) is 4.72. The largest absolute Gasteiger partial charge is 0.325 e. The first-order chi connectivity index (χ1) is 9.70. The van der Waals surface area contributed by atoms with Gasteiger partial charge in [0.2, 0.25) is 0 Å². The molecule has 2 aromatic rings. The van der Waals surface area contributed by atoms with Crippen LogP contribution in [0.2, 0.25) is 0 Å². The number of rotatable bonds is 3. The molecule has 1 unspecified atom stereocenters. The molecule has 0 spiro atoms. The third-order valence-corrected chi connectivity index (χ3v) is 4.17. The lowest BCUT2D eigenvalue weighted by atomic mass is 10.00. The lowest BCUT2D eigenvalue weighted by Gasteiger charge is -2.36. The van der Waals surface area contributed by atoms with Gasteiger partial charge in [0.1, 0.15) is 0 Å². The zero-order chi connectivity index (χ0) is 14.1. The van der Waals surface area contributed by atoms with Gasteiger partial charge in [0.05, 0.1) is 11.7 Å². The van der Waals surface area contributed by atoms with Crippen molar-refractivity contribution in [1.29, 1.82) is 0 Å². The molecule has 3 heterocycles. The van der Waals surface area contributed by atoms with Crippen molar-refractivity contribution < 1.29 is 0 Å². The van der Waals surface area contributed by atoms with Gasteiger partial charge in [0.15, 0.2) is 11.5 Å². The maximum absolute atomic E-state index is 5.78. The Labute approximate surface area is 119 Å². The van der Waals surface area contributed by atoms with Gasteiger partial charge in [-0.3, -0.25) is 4.90 Å². The number of nitrogens with two attached hydrogens (primary N) is 1. The van der Waals surface area contributed by atoms with Gasteiger partial charge in [0, 0.05) is 12.6 Å². The summed E-state index contributed by atoms with van der Waals surface area (Å²) >= 11 is 0. The molecule has 0 saturated carbocycles. The third kappa shape index (κ3) is 2.31. The van der Waals surface area contributed by atoms with E-state index in [0.29, 0.717) is 18.6 Å². The lowest BCUT2D eigenvalue weighted by molar-refractivity contribution is 0.106. The minimum Gasteiger partial charge on any atom is -0.325 e. The summed E-state index contributed by atoms with van der Waals surface area (Å²) in [6, 6.07) is 6.87. The van der Waals surface area contributed by atoms with Crippen LogP contribution in [0.15, 0.2) is 18.2 Å². The number of fused-ring (bicyclic) bond motifs is 1. The van der Waals surface area contributed by atoms with E-state index in [1.54, 1.807) is 0 Å². The van der Waals surface area contributed by atoms with Gasteiger partial charge in [-0.25, -0.2) is 9.50 Å². The summed E-state index contributed by atoms with van der Waals surface area (Å²) in [5.41, 5.74) is 7.69. The van der Waals surface area contributed by atoms with Gasteiger partial charge >= 0.3 is 0 Å². The summed E-state index contributed by atoms with van der Waals surface area (Å²) < 4.78 is 1.89. The van der Waals surface area contributed by atoms with E-state index < -0.39 is 0 Å². The molecular weight excluding hydrogens is 250 g/mol. The predicted octanol–water partition coefficient (Wildman–Crippen LogP) is 2.12. The standard InChI is InChI=1S/C15H23N5/c1-11(2)19-9-4-3-7-13(19)15-17-14-8-5-6-12(10-16)20(14)18-15/h5-6,8,11,13H,3-4,7,9-10,16H2,1-2H3. The highest BCUT2D eigenvalue weighted by Crippen LogP contribution is 2.30. The summed E-state index contributed by atoms with van der Waals surface area (Å²) in [5.74, 6) is 0.944. The average molecular weight is 273 g/mol. The van der Waals surface area contributed by atoms with Gasteiger partial charge in [0.25, 0.3) is 0 Å². The zero-order valence-electron chi connectivity index (χ0n) is 12.3. The molecule has 5 nitrogen and oxygen atoms in total. The SMILES string of the molecule is CC(C)N1CCCCC1c1nc2cccc(CN)n2n1. The summed E-state index contributed by atoms with van der Waals surface area (Å²) in [7, 11) is 0. The van der Waals surface area contributed by atoms with Crippen LogP contribution in [0.4, 0.5) is 0 Å². The van der Waals surface area contributed by atoms with E-state index in [1.165, 1.54) is 12.8 Å². The quantitative estimate of drug-likeness (QED) is 0.930. The second-order valence-electron chi connectivity index (χ2n) is 5.80. The van der Waals surface area contributed by atoms with E-state index in [0.717, 1.165) is 30.1 Å². The lowest BCUT2D eigenvalue weighted by Crippen LogP contribution is -2.39. The molecule has 1 aliphatic heterocycles. The molecular formula is C15H23N5. The highest BCUT2D eigenvalue weighted by Gasteiger charge is 2.29. The first-order valence-electron chi connectivity index (χ1n) is 7.51. The molecule has 1 saturated heterocycles. The summed E-state index contributed by atoms with van der Waals surface area (Å²) in [4.78, 5) is 7.25. The maximum Gasteiger partial charge on any atom is 0.168 e. The minimum atomic E-state index is 0.342. The van der Waals surface area contributed by atoms with Crippen LogP contribution in [0.5, 0.6) is 0 Å². The normalized spacial score (nSPS) is 20.9. The fraction of sp³-hybridized carbons (Fsp3) is 0.600. The van der Waals surface area contributed by atoms with Crippen molar-refractivity contribution in [2.75, 3.05) is 6.54 Å². The third-order valence-electron chi connectivity index (χ3n) is 4.17. The van der Waals surface area contributed by atoms with Crippen molar-refractivity contribution >= 4 is 5.65 Å². The molecule has 0 aliphatic carbocycles. The zero-order valence-corrected chi connectivity index (χ0v) is 12.3. The molecule has 108 valence electrons. The predicted molar refractivity (Wildman–Crippen MR) is 79.3 cm³/mol. The van der Waals surface area contributed by atoms with Gasteiger partial charge < -0.3 is 5.73 Å². The number of piperidine rings is 1.